The molecule has 1 unspecified atom stereocenters. The van der Waals surface area contributed by atoms with Crippen LogP contribution in [0.2, 0.25) is 0 Å². The van der Waals surface area contributed by atoms with Gasteiger partial charge in [0, 0.05) is 58.5 Å². The Balaban J connectivity index is 1.38. The third-order valence-corrected chi connectivity index (χ3v) is 8.45. The Kier molecular flexibility index (Phi) is 6.12. The zero-order chi connectivity index (χ0) is 24.7. The molecule has 0 aliphatic carbocycles. The van der Waals surface area contributed by atoms with E-state index in [0.29, 0.717) is 0 Å². The molecule has 0 bridgehead atoms. The maximum absolute atomic E-state index is 4.66. The highest BCUT2D eigenvalue weighted by Gasteiger charge is 2.22. The van der Waals surface area contributed by atoms with Gasteiger partial charge in [-0.15, -0.1) is 16.4 Å². The third kappa shape index (κ3) is 4.57. The van der Waals surface area contributed by atoms with Gasteiger partial charge < -0.3 is 5.32 Å². The maximum Gasteiger partial charge on any atom is 0.113 e. The van der Waals surface area contributed by atoms with Gasteiger partial charge in [0.05, 0.1) is 12.2 Å². The largest absolute Gasteiger partial charge is 0.314 e. The fraction of sp³-hybridized carbons (Fsp3) is 0.333. The molecule has 0 amide bonds. The topological polar surface area (TPSA) is 46.0 Å². The number of hydrogen-bond acceptors (Lipinski definition) is 5. The molecule has 2 aromatic heterocycles. The van der Waals surface area contributed by atoms with Crippen molar-refractivity contribution in [1.82, 2.24) is 25.2 Å². The van der Waals surface area contributed by atoms with Crippen LogP contribution in [0.25, 0.3) is 31.4 Å². The summed E-state index contributed by atoms with van der Waals surface area (Å²) in [6.07, 6.45) is 2.12. The van der Waals surface area contributed by atoms with Gasteiger partial charge in [-0.1, -0.05) is 74.5 Å². The fourth-order valence-corrected chi connectivity index (χ4v) is 6.22. The summed E-state index contributed by atoms with van der Waals surface area (Å²) >= 11 is 1.86. The van der Waals surface area contributed by atoms with Crippen molar-refractivity contribution < 1.29 is 0 Å². The van der Waals surface area contributed by atoms with E-state index in [9.17, 15) is 0 Å². The molecule has 36 heavy (non-hydrogen) atoms. The smallest absolute Gasteiger partial charge is 0.113 e. The highest BCUT2D eigenvalue weighted by atomic mass is 32.1. The highest BCUT2D eigenvalue weighted by molar-refractivity contribution is 7.25. The molecular weight excluding hydrogens is 462 g/mol. The van der Waals surface area contributed by atoms with Crippen LogP contribution >= 0.6 is 11.3 Å². The van der Waals surface area contributed by atoms with Crippen LogP contribution in [0.4, 0.5) is 0 Å². The number of thiophene rings is 1. The molecule has 5 aromatic rings. The Hall–Kier alpha value is -3.06. The Morgan fingerprint density at radius 1 is 0.917 bits per heavy atom. The summed E-state index contributed by atoms with van der Waals surface area (Å²) in [6.45, 7) is 11.8. The summed E-state index contributed by atoms with van der Waals surface area (Å²) < 4.78 is 4.74. The number of hydrogen-bond donors (Lipinski definition) is 1. The van der Waals surface area contributed by atoms with Crippen LogP contribution in [0.5, 0.6) is 0 Å². The van der Waals surface area contributed by atoms with Gasteiger partial charge in [0.25, 0.3) is 0 Å². The molecule has 1 aliphatic heterocycles. The molecule has 0 saturated carbocycles. The van der Waals surface area contributed by atoms with E-state index in [1.165, 1.54) is 31.3 Å². The molecule has 6 rings (SSSR count). The van der Waals surface area contributed by atoms with E-state index in [1.54, 1.807) is 0 Å². The first-order valence-corrected chi connectivity index (χ1v) is 13.6. The molecule has 1 saturated heterocycles. The predicted molar refractivity (Wildman–Crippen MR) is 151 cm³/mol. The quantitative estimate of drug-likeness (QED) is 0.320. The molecule has 1 N–H and O–H groups in total. The summed E-state index contributed by atoms with van der Waals surface area (Å²) in [6, 6.07) is 24.5. The van der Waals surface area contributed by atoms with Crippen LogP contribution in [-0.4, -0.2) is 52.6 Å². The van der Waals surface area contributed by atoms with E-state index in [-0.39, 0.29) is 11.5 Å². The van der Waals surface area contributed by atoms with Gasteiger partial charge in [0.1, 0.15) is 5.69 Å². The van der Waals surface area contributed by atoms with Crippen LogP contribution in [0.15, 0.2) is 72.9 Å². The average Bonchev–Trinajstić information content (AvgIpc) is 3.52. The Labute approximate surface area is 216 Å². The molecule has 6 heteroatoms. The molecule has 3 aromatic carbocycles. The number of nitrogens with zero attached hydrogens (tertiary/aromatic N) is 4. The zero-order valence-electron chi connectivity index (χ0n) is 21.2. The molecule has 0 spiro atoms. The second-order valence-electron chi connectivity index (χ2n) is 10.8. The van der Waals surface area contributed by atoms with Crippen molar-refractivity contribution in [2.45, 2.75) is 32.2 Å². The molecule has 0 radical (unpaired) electrons. The first kappa shape index (κ1) is 23.3. The van der Waals surface area contributed by atoms with E-state index in [1.807, 2.05) is 11.3 Å². The Bertz CT molecular complexity index is 1490. The SMILES string of the molecule is CC(C)(C)c1ccc(-c2cn(C(CN3CCNCC3)c3ccc4sc5ccccc5c4c3)nn2)cc1. The summed E-state index contributed by atoms with van der Waals surface area (Å²) in [5.41, 5.74) is 4.77. The van der Waals surface area contributed by atoms with Crippen LogP contribution < -0.4 is 5.32 Å². The number of fused-ring (bicyclic) bond motifs is 3. The number of piperazine rings is 1. The summed E-state index contributed by atoms with van der Waals surface area (Å²) in [7, 11) is 0. The van der Waals surface area contributed by atoms with Gasteiger partial charge in [-0.3, -0.25) is 4.90 Å². The van der Waals surface area contributed by atoms with Gasteiger partial charge in [-0.25, -0.2) is 4.68 Å². The van der Waals surface area contributed by atoms with Gasteiger partial charge in [-0.05, 0) is 34.7 Å². The van der Waals surface area contributed by atoms with Crippen molar-refractivity contribution in [2.24, 2.45) is 0 Å². The van der Waals surface area contributed by atoms with Crippen molar-refractivity contribution in [3.05, 3.63) is 84.1 Å². The van der Waals surface area contributed by atoms with Crippen molar-refractivity contribution in [3.63, 3.8) is 0 Å². The van der Waals surface area contributed by atoms with Crippen LogP contribution in [0, 0.1) is 0 Å². The van der Waals surface area contributed by atoms with Gasteiger partial charge in [0.2, 0.25) is 0 Å². The van der Waals surface area contributed by atoms with Crippen LogP contribution in [-0.2, 0) is 5.41 Å². The first-order chi connectivity index (χ1) is 17.5. The van der Waals surface area contributed by atoms with Gasteiger partial charge >= 0.3 is 0 Å². The molecular formula is C30H33N5S. The average molecular weight is 496 g/mol. The monoisotopic (exact) mass is 495 g/mol. The summed E-state index contributed by atoms with van der Waals surface area (Å²) in [5, 5.41) is 15.4. The van der Waals surface area contributed by atoms with E-state index in [4.69, 9.17) is 0 Å². The Morgan fingerprint density at radius 2 is 1.67 bits per heavy atom. The normalized spacial score (nSPS) is 16.1. The van der Waals surface area contributed by atoms with E-state index in [2.05, 4.69) is 119 Å². The first-order valence-electron chi connectivity index (χ1n) is 12.8. The van der Waals surface area contributed by atoms with Crippen molar-refractivity contribution in [2.75, 3.05) is 32.7 Å². The number of rotatable bonds is 5. The van der Waals surface area contributed by atoms with Crippen molar-refractivity contribution in [1.29, 1.82) is 0 Å². The van der Waals surface area contributed by atoms with Crippen molar-refractivity contribution >= 4 is 31.5 Å². The van der Waals surface area contributed by atoms with Crippen LogP contribution in [0.1, 0.15) is 37.9 Å². The molecule has 1 aliphatic rings. The minimum atomic E-state index is 0.0984. The van der Waals surface area contributed by atoms with Gasteiger partial charge in [-0.2, -0.15) is 0 Å². The number of benzene rings is 3. The number of aromatic nitrogens is 3. The van der Waals surface area contributed by atoms with Gasteiger partial charge in [0.15, 0.2) is 0 Å². The highest BCUT2D eigenvalue weighted by Crippen LogP contribution is 2.36. The van der Waals surface area contributed by atoms with E-state index < -0.39 is 0 Å². The standard InChI is InChI=1S/C30H33N5S/c1-30(2,3)23-11-8-21(9-12-23)26-19-35(33-32-26)27(20-34-16-14-31-15-17-34)22-10-13-29-25(18-22)24-6-4-5-7-28(24)36-29/h4-13,18-19,27,31H,14-17,20H2,1-3H3. The lowest BCUT2D eigenvalue weighted by Gasteiger charge is -2.31. The summed E-state index contributed by atoms with van der Waals surface area (Å²) in [5.74, 6) is 0. The van der Waals surface area contributed by atoms with Crippen molar-refractivity contribution in [3.8, 4) is 11.3 Å². The third-order valence-electron chi connectivity index (χ3n) is 7.30. The zero-order valence-corrected chi connectivity index (χ0v) is 22.1. The molecule has 1 fully saturated rings. The molecule has 184 valence electrons. The van der Waals surface area contributed by atoms with Crippen LogP contribution in [0.3, 0.4) is 0 Å². The second kappa shape index (κ2) is 9.43. The molecule has 5 nitrogen and oxygen atoms in total. The van der Waals surface area contributed by atoms with E-state index in [0.717, 1.165) is 44.0 Å². The predicted octanol–water partition coefficient (Wildman–Crippen LogP) is 6.11. The second-order valence-corrected chi connectivity index (χ2v) is 11.9. The molecule has 1 atom stereocenters. The van der Waals surface area contributed by atoms with E-state index >= 15 is 0 Å². The minimum Gasteiger partial charge on any atom is -0.314 e. The lowest BCUT2D eigenvalue weighted by molar-refractivity contribution is 0.213. The Morgan fingerprint density at radius 3 is 2.44 bits per heavy atom. The number of nitrogens with one attached hydrogen (secondary N) is 1. The fourth-order valence-electron chi connectivity index (χ4n) is 5.13. The molecule has 3 heterocycles. The lowest BCUT2D eigenvalue weighted by atomic mass is 9.86. The summed E-state index contributed by atoms with van der Waals surface area (Å²) in [4.78, 5) is 2.54. The minimum absolute atomic E-state index is 0.0984. The lowest BCUT2D eigenvalue weighted by Crippen LogP contribution is -2.45. The maximum atomic E-state index is 4.66.